The number of carbonyl (C=O) groups excluding carboxylic acids is 2. The third-order valence-electron chi connectivity index (χ3n) is 3.04. The highest BCUT2D eigenvalue weighted by Crippen LogP contribution is 2.20. The lowest BCUT2D eigenvalue weighted by Crippen LogP contribution is -2.51. The van der Waals surface area contributed by atoms with E-state index in [-0.39, 0.29) is 18.0 Å². The molecule has 3 N–H and O–H groups in total. The molecule has 0 unspecified atom stereocenters. The molecule has 1 aliphatic rings. The Bertz CT molecular complexity index is 338. The first-order valence-electron chi connectivity index (χ1n) is 6.64. The molecule has 0 aromatic rings. The van der Waals surface area contributed by atoms with Crippen LogP contribution in [0.3, 0.4) is 0 Å². The average molecular weight is 271 g/mol. The average Bonchev–Trinajstić information content (AvgIpc) is 2.18. The van der Waals surface area contributed by atoms with E-state index in [4.69, 9.17) is 0 Å². The van der Waals surface area contributed by atoms with Crippen molar-refractivity contribution >= 4 is 11.9 Å². The summed E-state index contributed by atoms with van der Waals surface area (Å²) in [6, 6.07) is -0.471. The van der Waals surface area contributed by atoms with Crippen molar-refractivity contribution < 1.29 is 14.7 Å². The lowest BCUT2D eigenvalue weighted by molar-refractivity contribution is -0.122. The summed E-state index contributed by atoms with van der Waals surface area (Å²) in [4.78, 5) is 25.1. The van der Waals surface area contributed by atoms with Crippen molar-refractivity contribution in [2.24, 2.45) is 0 Å². The van der Waals surface area contributed by atoms with Crippen LogP contribution in [-0.2, 0) is 4.79 Å². The van der Waals surface area contributed by atoms with Gasteiger partial charge in [-0.05, 0) is 40.5 Å². The van der Waals surface area contributed by atoms with Gasteiger partial charge >= 0.3 is 6.03 Å². The molecule has 1 rings (SSSR count). The highest BCUT2D eigenvalue weighted by Gasteiger charge is 2.28. The van der Waals surface area contributed by atoms with Crippen LogP contribution < -0.4 is 10.6 Å². The molecule has 0 spiro atoms. The summed E-state index contributed by atoms with van der Waals surface area (Å²) >= 11 is 0. The molecule has 3 amide bonds. The molecular formula is C13H25N3O3. The van der Waals surface area contributed by atoms with Crippen molar-refractivity contribution in [1.29, 1.82) is 0 Å². The molecule has 6 heteroatoms. The molecule has 0 aromatic heterocycles. The van der Waals surface area contributed by atoms with E-state index in [1.807, 2.05) is 25.7 Å². The number of imide groups is 1. The second kappa shape index (κ2) is 5.88. The number of aliphatic hydroxyl groups is 1. The monoisotopic (exact) mass is 271 g/mol. The summed E-state index contributed by atoms with van der Waals surface area (Å²) in [6.45, 7) is 8.88. The number of hydrogen-bond acceptors (Lipinski definition) is 4. The first-order valence-corrected chi connectivity index (χ1v) is 6.64. The molecule has 6 nitrogen and oxygen atoms in total. The van der Waals surface area contributed by atoms with Gasteiger partial charge in [0.2, 0.25) is 5.91 Å². The van der Waals surface area contributed by atoms with E-state index in [9.17, 15) is 14.7 Å². The normalized spacial score (nSPS) is 19.8. The van der Waals surface area contributed by atoms with E-state index in [2.05, 4.69) is 10.6 Å². The highest BCUT2D eigenvalue weighted by atomic mass is 16.3. The molecule has 1 fully saturated rings. The van der Waals surface area contributed by atoms with E-state index in [1.165, 1.54) is 0 Å². The Morgan fingerprint density at radius 3 is 2.26 bits per heavy atom. The molecule has 0 atom stereocenters. The number of urea groups is 1. The third-order valence-corrected chi connectivity index (χ3v) is 3.04. The number of amides is 3. The van der Waals surface area contributed by atoms with Gasteiger partial charge < -0.3 is 10.4 Å². The van der Waals surface area contributed by atoms with Gasteiger partial charge in [0.25, 0.3) is 0 Å². The zero-order valence-electron chi connectivity index (χ0n) is 12.2. The summed E-state index contributed by atoms with van der Waals surface area (Å²) in [6.07, 6.45) is 1.29. The van der Waals surface area contributed by atoms with Gasteiger partial charge in [0.1, 0.15) is 0 Å². The van der Waals surface area contributed by atoms with Crippen molar-refractivity contribution in [2.75, 3.05) is 19.6 Å². The van der Waals surface area contributed by atoms with Gasteiger partial charge in [-0.2, -0.15) is 0 Å². The zero-order chi connectivity index (χ0) is 14.7. The number of carbonyl (C=O) groups is 2. The quantitative estimate of drug-likeness (QED) is 0.681. The van der Waals surface area contributed by atoms with Crippen LogP contribution in [-0.4, -0.2) is 52.7 Å². The van der Waals surface area contributed by atoms with E-state index < -0.39 is 11.6 Å². The van der Waals surface area contributed by atoms with Gasteiger partial charge in [0.15, 0.2) is 0 Å². The van der Waals surface area contributed by atoms with Crippen LogP contribution in [0.25, 0.3) is 0 Å². The summed E-state index contributed by atoms with van der Waals surface area (Å²) in [5.41, 5.74) is -0.995. The van der Waals surface area contributed by atoms with Crippen LogP contribution >= 0.6 is 0 Å². The maximum absolute atomic E-state index is 11.7. The van der Waals surface area contributed by atoms with Crippen LogP contribution in [0.1, 0.15) is 40.5 Å². The van der Waals surface area contributed by atoms with Crippen molar-refractivity contribution in [3.8, 4) is 0 Å². The molecule has 19 heavy (non-hydrogen) atoms. The van der Waals surface area contributed by atoms with Gasteiger partial charge in [0.05, 0.1) is 12.1 Å². The Hall–Kier alpha value is -1.14. The standard InChI is InChI=1S/C13H25N3O3/c1-12(2,3)15-11(18)14-10(17)9-16-7-5-13(4,19)6-8-16/h19H,5-9H2,1-4H3,(H2,14,15,17,18). The van der Waals surface area contributed by atoms with Crippen LogP contribution in [0.5, 0.6) is 0 Å². The smallest absolute Gasteiger partial charge is 0.321 e. The number of rotatable bonds is 2. The Labute approximate surface area is 114 Å². The molecule has 1 saturated heterocycles. The van der Waals surface area contributed by atoms with Crippen LogP contribution in [0.2, 0.25) is 0 Å². The van der Waals surface area contributed by atoms with Crippen molar-refractivity contribution in [3.63, 3.8) is 0 Å². The van der Waals surface area contributed by atoms with E-state index in [0.717, 1.165) is 0 Å². The lowest BCUT2D eigenvalue weighted by Gasteiger charge is -2.35. The van der Waals surface area contributed by atoms with E-state index in [0.29, 0.717) is 25.9 Å². The molecule has 1 heterocycles. The topological polar surface area (TPSA) is 81.7 Å². The van der Waals surface area contributed by atoms with Crippen molar-refractivity contribution in [3.05, 3.63) is 0 Å². The molecule has 0 aliphatic carbocycles. The third kappa shape index (κ3) is 6.54. The summed E-state index contributed by atoms with van der Waals surface area (Å²) < 4.78 is 0. The maximum Gasteiger partial charge on any atom is 0.321 e. The number of likely N-dealkylation sites (tertiary alicyclic amines) is 1. The molecular weight excluding hydrogens is 246 g/mol. The number of piperidine rings is 1. The minimum Gasteiger partial charge on any atom is -0.390 e. The fourth-order valence-corrected chi connectivity index (χ4v) is 1.93. The predicted molar refractivity (Wildman–Crippen MR) is 72.7 cm³/mol. The first-order chi connectivity index (χ1) is 8.57. The van der Waals surface area contributed by atoms with Crippen molar-refractivity contribution in [1.82, 2.24) is 15.5 Å². The Balaban J connectivity index is 2.30. The van der Waals surface area contributed by atoms with E-state index in [1.54, 1.807) is 6.92 Å². The van der Waals surface area contributed by atoms with Gasteiger partial charge in [0, 0.05) is 18.6 Å². The van der Waals surface area contributed by atoms with E-state index >= 15 is 0 Å². The molecule has 0 radical (unpaired) electrons. The SMILES string of the molecule is CC1(O)CCN(CC(=O)NC(=O)NC(C)(C)C)CC1. The lowest BCUT2D eigenvalue weighted by atomic mass is 9.94. The fraction of sp³-hybridized carbons (Fsp3) is 0.846. The second-order valence-corrected chi connectivity index (χ2v) is 6.53. The Kier molecular flexibility index (Phi) is 4.92. The van der Waals surface area contributed by atoms with Gasteiger partial charge in [-0.1, -0.05) is 0 Å². The minimum absolute atomic E-state index is 0.188. The molecule has 0 aromatic carbocycles. The van der Waals surface area contributed by atoms with Crippen molar-refractivity contribution in [2.45, 2.75) is 51.7 Å². The number of hydrogen-bond donors (Lipinski definition) is 3. The molecule has 110 valence electrons. The van der Waals surface area contributed by atoms with Gasteiger partial charge in [-0.15, -0.1) is 0 Å². The predicted octanol–water partition coefficient (Wildman–Crippen LogP) is 0.458. The molecule has 1 aliphatic heterocycles. The Morgan fingerprint density at radius 1 is 1.26 bits per heavy atom. The second-order valence-electron chi connectivity index (χ2n) is 6.53. The van der Waals surface area contributed by atoms with Gasteiger partial charge in [-0.25, -0.2) is 4.79 Å². The molecule has 0 bridgehead atoms. The highest BCUT2D eigenvalue weighted by molar-refractivity contribution is 5.95. The number of nitrogens with one attached hydrogen (secondary N) is 2. The van der Waals surface area contributed by atoms with Crippen LogP contribution in [0.15, 0.2) is 0 Å². The Morgan fingerprint density at radius 2 is 1.79 bits per heavy atom. The van der Waals surface area contributed by atoms with Crippen LogP contribution in [0, 0.1) is 0 Å². The minimum atomic E-state index is -0.628. The zero-order valence-corrected chi connectivity index (χ0v) is 12.2. The summed E-state index contributed by atoms with van der Waals surface area (Å²) in [5.74, 6) is -0.316. The maximum atomic E-state index is 11.7. The summed E-state index contributed by atoms with van der Waals surface area (Å²) in [5, 5.41) is 14.8. The van der Waals surface area contributed by atoms with Gasteiger partial charge in [-0.3, -0.25) is 15.0 Å². The summed E-state index contributed by atoms with van der Waals surface area (Å²) in [7, 11) is 0. The van der Waals surface area contributed by atoms with Crippen LogP contribution in [0.4, 0.5) is 4.79 Å². The fourth-order valence-electron chi connectivity index (χ4n) is 1.93. The number of nitrogens with zero attached hydrogens (tertiary/aromatic N) is 1. The first kappa shape index (κ1) is 15.9. The molecule has 0 saturated carbocycles. The largest absolute Gasteiger partial charge is 0.390 e.